The molecule has 2 fully saturated rings. The van der Waals surface area contributed by atoms with Crippen LogP contribution in [0.3, 0.4) is 0 Å². The molecule has 1 saturated heterocycles. The van der Waals surface area contributed by atoms with Crippen LogP contribution in [0.4, 0.5) is 0 Å². The molecule has 0 unspecified atom stereocenters. The van der Waals surface area contributed by atoms with E-state index in [9.17, 15) is 0 Å². The van der Waals surface area contributed by atoms with Crippen LogP contribution in [0.1, 0.15) is 37.8 Å². The van der Waals surface area contributed by atoms with Gasteiger partial charge in [-0.05, 0) is 25.0 Å². The summed E-state index contributed by atoms with van der Waals surface area (Å²) in [6.07, 6.45) is 12.4. The first-order chi connectivity index (χ1) is 11.9. The fourth-order valence-electron chi connectivity index (χ4n) is 3.97. The monoisotopic (exact) mass is 326 g/mol. The zero-order valence-electron chi connectivity index (χ0n) is 14.2. The predicted octanol–water partition coefficient (Wildman–Crippen LogP) is 3.19. The predicted molar refractivity (Wildman–Crippen MR) is 93.5 cm³/mol. The molecule has 0 bridgehead atoms. The average molecular weight is 326 g/mol. The zero-order valence-corrected chi connectivity index (χ0v) is 14.2. The maximum absolute atomic E-state index is 5.63. The van der Waals surface area contributed by atoms with Gasteiger partial charge in [0.1, 0.15) is 6.26 Å². The molecule has 4 rings (SSSR count). The third kappa shape index (κ3) is 3.68. The first-order valence-electron chi connectivity index (χ1n) is 9.20. The molecule has 0 aromatic carbocycles. The lowest BCUT2D eigenvalue weighted by Gasteiger charge is -2.40. The summed E-state index contributed by atoms with van der Waals surface area (Å²) in [6, 6.07) is 4.70. The van der Waals surface area contributed by atoms with Gasteiger partial charge in [0.15, 0.2) is 0 Å². The Balaban J connectivity index is 1.30. The van der Waals surface area contributed by atoms with Crippen molar-refractivity contribution in [3.05, 3.63) is 36.5 Å². The number of aromatic nitrogens is 2. The highest BCUT2D eigenvalue weighted by atomic mass is 16.3. The van der Waals surface area contributed by atoms with Crippen molar-refractivity contribution in [2.45, 2.75) is 44.7 Å². The molecule has 1 saturated carbocycles. The van der Waals surface area contributed by atoms with E-state index in [0.717, 1.165) is 36.9 Å². The van der Waals surface area contributed by atoms with Gasteiger partial charge in [0.25, 0.3) is 0 Å². The van der Waals surface area contributed by atoms with E-state index in [1.54, 1.807) is 18.7 Å². The van der Waals surface area contributed by atoms with Crippen LogP contribution in [0.5, 0.6) is 0 Å². The molecule has 0 amide bonds. The van der Waals surface area contributed by atoms with Gasteiger partial charge in [0.2, 0.25) is 5.89 Å². The number of oxazole rings is 1. The number of nitrogens with zero attached hydrogens (tertiary/aromatic N) is 4. The number of piperazine rings is 1. The highest BCUT2D eigenvalue weighted by Gasteiger charge is 2.25. The van der Waals surface area contributed by atoms with E-state index in [0.29, 0.717) is 5.89 Å². The van der Waals surface area contributed by atoms with E-state index < -0.39 is 0 Å². The SMILES string of the molecule is c1cc(-c2nc(CN3CCN(C4CCCCC4)CC3)co2)ccn1. The highest BCUT2D eigenvalue weighted by Crippen LogP contribution is 2.24. The molecular weight excluding hydrogens is 300 g/mol. The molecule has 5 heteroatoms. The molecule has 0 N–H and O–H groups in total. The van der Waals surface area contributed by atoms with E-state index >= 15 is 0 Å². The van der Waals surface area contributed by atoms with Crippen LogP contribution in [0, 0.1) is 0 Å². The van der Waals surface area contributed by atoms with Gasteiger partial charge >= 0.3 is 0 Å². The molecule has 24 heavy (non-hydrogen) atoms. The fourth-order valence-corrected chi connectivity index (χ4v) is 3.97. The van der Waals surface area contributed by atoms with Gasteiger partial charge in [0.05, 0.1) is 5.69 Å². The summed E-state index contributed by atoms with van der Waals surface area (Å²) in [6.45, 7) is 5.54. The molecule has 3 heterocycles. The first kappa shape index (κ1) is 15.8. The summed E-state index contributed by atoms with van der Waals surface area (Å²) in [4.78, 5) is 13.9. The first-order valence-corrected chi connectivity index (χ1v) is 9.20. The Morgan fingerprint density at radius 3 is 2.50 bits per heavy atom. The average Bonchev–Trinajstić information content (AvgIpc) is 3.12. The Labute approximate surface area is 143 Å². The third-order valence-corrected chi connectivity index (χ3v) is 5.36. The lowest BCUT2D eigenvalue weighted by molar-refractivity contribution is 0.0749. The highest BCUT2D eigenvalue weighted by molar-refractivity contribution is 5.51. The minimum Gasteiger partial charge on any atom is -0.444 e. The molecule has 0 atom stereocenters. The summed E-state index contributed by atoms with van der Waals surface area (Å²) >= 11 is 0. The lowest BCUT2D eigenvalue weighted by Crippen LogP contribution is -2.50. The minimum atomic E-state index is 0.688. The van der Waals surface area contributed by atoms with Crippen LogP contribution in [0.2, 0.25) is 0 Å². The Hall–Kier alpha value is -1.72. The van der Waals surface area contributed by atoms with Crippen molar-refractivity contribution in [2.24, 2.45) is 0 Å². The van der Waals surface area contributed by atoms with Gasteiger partial charge in [-0.2, -0.15) is 0 Å². The molecule has 0 spiro atoms. The molecule has 2 aromatic heterocycles. The third-order valence-electron chi connectivity index (χ3n) is 5.36. The second-order valence-corrected chi connectivity index (χ2v) is 6.98. The van der Waals surface area contributed by atoms with Crippen LogP contribution < -0.4 is 0 Å². The molecule has 1 aliphatic heterocycles. The normalized spacial score (nSPS) is 21.2. The summed E-state index contributed by atoms with van der Waals surface area (Å²) in [7, 11) is 0. The topological polar surface area (TPSA) is 45.4 Å². The van der Waals surface area contributed by atoms with Crippen LogP contribution in [0.15, 0.2) is 35.2 Å². The van der Waals surface area contributed by atoms with Gasteiger partial charge in [0, 0.05) is 56.7 Å². The van der Waals surface area contributed by atoms with E-state index in [4.69, 9.17) is 4.42 Å². The Morgan fingerprint density at radius 2 is 1.75 bits per heavy atom. The van der Waals surface area contributed by atoms with Gasteiger partial charge in [-0.1, -0.05) is 19.3 Å². The van der Waals surface area contributed by atoms with Gasteiger partial charge < -0.3 is 4.42 Å². The number of rotatable bonds is 4. The van der Waals surface area contributed by atoms with Crippen molar-refractivity contribution in [1.82, 2.24) is 19.8 Å². The summed E-state index contributed by atoms with van der Waals surface area (Å²) in [5, 5.41) is 0. The van der Waals surface area contributed by atoms with Crippen LogP contribution in [0.25, 0.3) is 11.5 Å². The Kier molecular flexibility index (Phi) is 4.90. The lowest BCUT2D eigenvalue weighted by atomic mass is 9.94. The number of hydrogen-bond acceptors (Lipinski definition) is 5. The Bertz CT molecular complexity index is 628. The maximum Gasteiger partial charge on any atom is 0.226 e. The van der Waals surface area contributed by atoms with E-state index in [1.165, 1.54) is 45.2 Å². The summed E-state index contributed by atoms with van der Waals surface area (Å²) in [5.74, 6) is 0.688. The molecule has 128 valence electrons. The van der Waals surface area contributed by atoms with Crippen LogP contribution in [-0.4, -0.2) is 52.0 Å². The van der Waals surface area contributed by atoms with Crippen LogP contribution in [-0.2, 0) is 6.54 Å². The molecule has 0 radical (unpaired) electrons. The minimum absolute atomic E-state index is 0.688. The standard InChI is InChI=1S/C19H26N4O/c1-2-4-18(5-3-1)23-12-10-22(11-13-23)14-17-15-24-19(21-17)16-6-8-20-9-7-16/h6-9,15,18H,1-5,10-14H2. The smallest absolute Gasteiger partial charge is 0.226 e. The maximum atomic E-state index is 5.63. The van der Waals surface area contributed by atoms with Crippen molar-refractivity contribution < 1.29 is 4.42 Å². The molecule has 2 aliphatic rings. The van der Waals surface area contributed by atoms with Crippen molar-refractivity contribution in [3.8, 4) is 11.5 Å². The van der Waals surface area contributed by atoms with Crippen molar-refractivity contribution in [1.29, 1.82) is 0 Å². The number of pyridine rings is 1. The van der Waals surface area contributed by atoms with Crippen molar-refractivity contribution in [2.75, 3.05) is 26.2 Å². The second kappa shape index (κ2) is 7.45. The van der Waals surface area contributed by atoms with Crippen LogP contribution >= 0.6 is 0 Å². The summed E-state index contributed by atoms with van der Waals surface area (Å²) < 4.78 is 5.63. The molecule has 2 aromatic rings. The van der Waals surface area contributed by atoms with E-state index in [1.807, 2.05) is 12.1 Å². The zero-order chi connectivity index (χ0) is 16.2. The van der Waals surface area contributed by atoms with Gasteiger partial charge in [-0.15, -0.1) is 0 Å². The summed E-state index contributed by atoms with van der Waals surface area (Å²) in [5.41, 5.74) is 2.01. The molecule has 1 aliphatic carbocycles. The van der Waals surface area contributed by atoms with E-state index in [-0.39, 0.29) is 0 Å². The van der Waals surface area contributed by atoms with Gasteiger partial charge in [-0.3, -0.25) is 14.8 Å². The second-order valence-electron chi connectivity index (χ2n) is 6.98. The van der Waals surface area contributed by atoms with Crippen molar-refractivity contribution >= 4 is 0 Å². The largest absolute Gasteiger partial charge is 0.444 e. The molecular formula is C19H26N4O. The number of hydrogen-bond donors (Lipinski definition) is 0. The Morgan fingerprint density at radius 1 is 1.00 bits per heavy atom. The van der Waals surface area contributed by atoms with Crippen molar-refractivity contribution in [3.63, 3.8) is 0 Å². The molecule has 5 nitrogen and oxygen atoms in total. The quantitative estimate of drug-likeness (QED) is 0.863. The fraction of sp³-hybridized carbons (Fsp3) is 0.579. The van der Waals surface area contributed by atoms with E-state index in [2.05, 4.69) is 19.8 Å². The van der Waals surface area contributed by atoms with Gasteiger partial charge in [-0.25, -0.2) is 4.98 Å².